The second kappa shape index (κ2) is 19.3. The number of rotatable bonds is 8. The van der Waals surface area contributed by atoms with Crippen molar-refractivity contribution < 1.29 is 18.9 Å². The molecule has 8 aromatic rings. The molecule has 0 heterocycles. The summed E-state index contributed by atoms with van der Waals surface area (Å²) < 4.78 is 1.15. The Hall–Kier alpha value is -4.13. The van der Waals surface area contributed by atoms with Gasteiger partial charge >= 0.3 is 117 Å². The van der Waals surface area contributed by atoms with E-state index in [4.69, 9.17) is 17.0 Å². The van der Waals surface area contributed by atoms with Crippen molar-refractivity contribution in [3.63, 3.8) is 0 Å². The molecule has 0 atom stereocenters. The molecule has 0 spiro atoms. The normalized spacial score (nSPS) is 10.7. The van der Waals surface area contributed by atoms with Crippen LogP contribution in [-0.2, 0) is 31.7 Å². The summed E-state index contributed by atoms with van der Waals surface area (Å²) in [6.07, 6.45) is 4.75. The summed E-state index contributed by atoms with van der Waals surface area (Å²) in [5.41, 5.74) is 11.7. The topological polar surface area (TPSA) is 0 Å². The van der Waals surface area contributed by atoms with Crippen LogP contribution in [0.15, 0.2) is 176 Å². The SMILES string of the molecule is CCCc1cc2c(-c3ccccc3)cccc2[cH-]1.CCCc1cc2c(-c3ccccc3)cccc2[cH-]1.Cc1ccc([C](c2ccccc2)=[Zr]([Cl])[Cl])cc1. The van der Waals surface area contributed by atoms with Crippen LogP contribution in [0.25, 0.3) is 43.8 Å². The van der Waals surface area contributed by atoms with Gasteiger partial charge in [-0.2, -0.15) is 12.1 Å². The Morgan fingerprint density at radius 1 is 0.491 bits per heavy atom. The summed E-state index contributed by atoms with van der Waals surface area (Å²) in [4.78, 5) is 0. The van der Waals surface area contributed by atoms with Gasteiger partial charge in [0.15, 0.2) is 0 Å². The molecule has 8 rings (SSSR count). The van der Waals surface area contributed by atoms with Crippen LogP contribution in [0.2, 0.25) is 0 Å². The van der Waals surface area contributed by atoms with Gasteiger partial charge in [-0.05, 0) is 24.0 Å². The fraction of sp³-hybridized carbons (Fsp3) is 0.140. The van der Waals surface area contributed by atoms with Gasteiger partial charge < -0.3 is 0 Å². The maximum atomic E-state index is 6.28. The van der Waals surface area contributed by atoms with Crippen molar-refractivity contribution >= 4 is 41.8 Å². The molecule has 0 saturated heterocycles. The molecular formula is C50H46Cl2Zr-2. The predicted molar refractivity (Wildman–Crippen MR) is 230 cm³/mol. The molecule has 53 heavy (non-hydrogen) atoms. The van der Waals surface area contributed by atoms with Gasteiger partial charge in [0.1, 0.15) is 0 Å². The number of hydrogen-bond donors (Lipinski definition) is 0. The van der Waals surface area contributed by atoms with Crippen LogP contribution in [-0.4, -0.2) is 3.21 Å². The summed E-state index contributed by atoms with van der Waals surface area (Å²) in [5.74, 6) is 0. The van der Waals surface area contributed by atoms with Crippen molar-refractivity contribution in [2.75, 3.05) is 0 Å². The molecule has 0 amide bonds. The third-order valence-electron chi connectivity index (χ3n) is 9.46. The zero-order valence-corrected chi connectivity index (χ0v) is 34.8. The summed E-state index contributed by atoms with van der Waals surface area (Å²) in [7, 11) is 12.6. The van der Waals surface area contributed by atoms with Gasteiger partial charge in [0, 0.05) is 0 Å². The zero-order chi connectivity index (χ0) is 37.0. The van der Waals surface area contributed by atoms with Crippen molar-refractivity contribution in [2.24, 2.45) is 0 Å². The van der Waals surface area contributed by atoms with E-state index in [1.54, 1.807) is 0 Å². The van der Waals surface area contributed by atoms with Crippen molar-refractivity contribution in [3.05, 3.63) is 204 Å². The molecule has 0 bridgehead atoms. The van der Waals surface area contributed by atoms with E-state index in [9.17, 15) is 0 Å². The molecule has 266 valence electrons. The van der Waals surface area contributed by atoms with Gasteiger partial charge in [0.05, 0.1) is 0 Å². The third kappa shape index (κ3) is 10.1. The minimum atomic E-state index is -2.46. The number of halogens is 2. The second-order valence-corrected chi connectivity index (χ2v) is 21.6. The molecule has 0 aliphatic carbocycles. The van der Waals surface area contributed by atoms with Crippen LogP contribution in [0.4, 0.5) is 0 Å². The molecule has 3 heteroatoms. The molecule has 0 unspecified atom stereocenters. The second-order valence-electron chi connectivity index (χ2n) is 13.4. The van der Waals surface area contributed by atoms with Crippen LogP contribution < -0.4 is 0 Å². The van der Waals surface area contributed by atoms with Crippen LogP contribution in [0.1, 0.15) is 54.5 Å². The van der Waals surface area contributed by atoms with Crippen LogP contribution >= 0.6 is 17.0 Å². The number of benzene rings is 6. The summed E-state index contributed by atoms with van der Waals surface area (Å²) in [6, 6.07) is 62.3. The molecular weight excluding hydrogens is 763 g/mol. The first-order chi connectivity index (χ1) is 25.9. The molecule has 0 radical (unpaired) electrons. The van der Waals surface area contributed by atoms with Crippen molar-refractivity contribution in [1.29, 1.82) is 0 Å². The minimum absolute atomic E-state index is 1.15. The van der Waals surface area contributed by atoms with E-state index in [1.165, 1.54) is 86.2 Å². The van der Waals surface area contributed by atoms with E-state index in [0.29, 0.717) is 0 Å². The molecule has 0 N–H and O–H groups in total. The molecule has 0 saturated carbocycles. The quantitative estimate of drug-likeness (QED) is 0.134. The molecule has 0 aliphatic heterocycles. The first-order valence-electron chi connectivity index (χ1n) is 18.6. The Kier molecular flexibility index (Phi) is 14.0. The first-order valence-corrected chi connectivity index (χ1v) is 26.2. The van der Waals surface area contributed by atoms with Gasteiger partial charge in [0.2, 0.25) is 0 Å². The molecule has 0 fully saturated rings. The average molecular weight is 809 g/mol. The van der Waals surface area contributed by atoms with E-state index < -0.39 is 18.9 Å². The van der Waals surface area contributed by atoms with Crippen LogP contribution in [0.5, 0.6) is 0 Å². The van der Waals surface area contributed by atoms with Crippen molar-refractivity contribution in [1.82, 2.24) is 0 Å². The fourth-order valence-electron chi connectivity index (χ4n) is 6.91. The summed E-state index contributed by atoms with van der Waals surface area (Å²) >= 11 is -2.46. The molecule has 8 aromatic carbocycles. The van der Waals surface area contributed by atoms with Crippen LogP contribution in [0, 0.1) is 6.92 Å². The van der Waals surface area contributed by atoms with Crippen molar-refractivity contribution in [2.45, 2.75) is 46.5 Å². The summed E-state index contributed by atoms with van der Waals surface area (Å²) in [6.45, 7) is 6.54. The maximum absolute atomic E-state index is 6.28. The van der Waals surface area contributed by atoms with E-state index in [1.807, 2.05) is 18.2 Å². The van der Waals surface area contributed by atoms with E-state index in [-0.39, 0.29) is 0 Å². The van der Waals surface area contributed by atoms with E-state index in [2.05, 4.69) is 178 Å². The molecule has 0 nitrogen and oxygen atoms in total. The Morgan fingerprint density at radius 3 is 1.32 bits per heavy atom. The van der Waals surface area contributed by atoms with E-state index in [0.717, 1.165) is 14.3 Å². The zero-order valence-electron chi connectivity index (χ0n) is 30.8. The summed E-state index contributed by atoms with van der Waals surface area (Å²) in [5, 5.41) is 5.49. The molecule has 0 aliphatic rings. The van der Waals surface area contributed by atoms with E-state index >= 15 is 0 Å². The first kappa shape index (κ1) is 38.6. The van der Waals surface area contributed by atoms with Gasteiger partial charge in [-0.3, -0.25) is 0 Å². The van der Waals surface area contributed by atoms with Gasteiger partial charge in [-0.15, -0.1) is 69.1 Å². The fourth-order valence-corrected chi connectivity index (χ4v) is 11.4. The number of aryl methyl sites for hydroxylation is 3. The standard InChI is InChI=1S/2C18H17.C14H12.2ClH.Zr/c2*1-2-7-14-12-16-10-6-11-17(18(16)13-14)15-8-4-3-5-9-15;1-12-7-9-14(10-8-12)11-13-5-3-2-4-6-13;;;/h2*3-6,8-13H,2,7H2,1H3;2-10H,1H3;2*1H;/q2*-1;;;;+2/p-2. The predicted octanol–water partition coefficient (Wildman–Crippen LogP) is 14.8. The Morgan fingerprint density at radius 2 is 0.906 bits per heavy atom. The third-order valence-corrected chi connectivity index (χ3v) is 14.0. The monoisotopic (exact) mass is 806 g/mol. The van der Waals surface area contributed by atoms with Gasteiger partial charge in [-0.25, -0.2) is 0 Å². The number of fused-ring (bicyclic) bond motifs is 2. The number of hydrogen-bond acceptors (Lipinski definition) is 0. The average Bonchev–Trinajstić information content (AvgIpc) is 3.81. The Labute approximate surface area is 330 Å². The van der Waals surface area contributed by atoms with Gasteiger partial charge in [0.25, 0.3) is 0 Å². The Balaban J connectivity index is 0.000000136. The molecule has 0 aromatic heterocycles. The van der Waals surface area contributed by atoms with Gasteiger partial charge in [-0.1, -0.05) is 111 Å². The van der Waals surface area contributed by atoms with Crippen LogP contribution in [0.3, 0.4) is 0 Å². The Bertz CT molecular complexity index is 2240. The van der Waals surface area contributed by atoms with Crippen molar-refractivity contribution in [3.8, 4) is 22.3 Å².